The van der Waals surface area contributed by atoms with Crippen molar-refractivity contribution in [3.8, 4) is 23.2 Å². The zero-order chi connectivity index (χ0) is 20.8. The number of hydrogen-bond donors (Lipinski definition) is 2. The van der Waals surface area contributed by atoms with Crippen LogP contribution in [0.5, 0.6) is 0 Å². The van der Waals surface area contributed by atoms with Crippen molar-refractivity contribution in [2.75, 3.05) is 19.3 Å². The molecule has 0 unspecified atom stereocenters. The predicted octanol–water partition coefficient (Wildman–Crippen LogP) is -0.819. The van der Waals surface area contributed by atoms with Crippen LogP contribution in [0.4, 0.5) is 5.82 Å². The minimum absolute atomic E-state index is 0.292. The third kappa shape index (κ3) is 3.39. The predicted molar refractivity (Wildman–Crippen MR) is 112 cm³/mol. The van der Waals surface area contributed by atoms with Gasteiger partial charge in [-0.2, -0.15) is 0 Å². The van der Waals surface area contributed by atoms with Crippen molar-refractivity contribution in [3.63, 3.8) is 0 Å². The molecule has 0 aliphatic carbocycles. The first kappa shape index (κ1) is 18.8. The molecule has 1 atom stereocenters. The Bertz CT molecular complexity index is 1220. The van der Waals surface area contributed by atoms with E-state index in [4.69, 9.17) is 5.73 Å². The molecule has 0 saturated carbocycles. The largest absolute Gasteiger partial charge is 0.382 e. The normalized spacial score (nSPS) is 18.7. The van der Waals surface area contributed by atoms with E-state index in [2.05, 4.69) is 31.8 Å². The van der Waals surface area contributed by atoms with Crippen LogP contribution in [0, 0.1) is 18.8 Å². The smallest absolute Gasteiger partial charge is 0.267 e. The highest BCUT2D eigenvalue weighted by atomic mass is 16.3. The van der Waals surface area contributed by atoms with E-state index < -0.39 is 5.60 Å². The number of nitrogen functional groups attached to an aromatic ring is 1. The summed E-state index contributed by atoms with van der Waals surface area (Å²) in [6, 6.07) is 7.30. The molecule has 0 bridgehead atoms. The molecule has 9 heteroatoms. The van der Waals surface area contributed by atoms with E-state index in [1.54, 1.807) is 21.0 Å². The molecule has 1 aromatic carbocycles. The number of aliphatic hydroxyl groups is 1. The van der Waals surface area contributed by atoms with Gasteiger partial charge in [0.2, 0.25) is 5.60 Å². The lowest BCUT2D eigenvalue weighted by atomic mass is 10.0. The Kier molecular flexibility index (Phi) is 4.44. The van der Waals surface area contributed by atoms with E-state index >= 15 is 0 Å². The van der Waals surface area contributed by atoms with Crippen molar-refractivity contribution in [1.82, 2.24) is 24.8 Å². The zero-order valence-electron chi connectivity index (χ0n) is 16.4. The maximum Gasteiger partial charge on any atom is 0.267 e. The third-order valence-electron chi connectivity index (χ3n) is 4.90. The highest BCUT2D eigenvalue weighted by Gasteiger charge is 2.42. The lowest BCUT2D eigenvalue weighted by molar-refractivity contribution is -0.137. The Labute approximate surface area is 168 Å². The van der Waals surface area contributed by atoms with Gasteiger partial charge in [-0.05, 0) is 19.1 Å². The van der Waals surface area contributed by atoms with Gasteiger partial charge in [0.1, 0.15) is 11.0 Å². The highest BCUT2D eigenvalue weighted by molar-refractivity contribution is 6.29. The molecule has 0 spiro atoms. The molecule has 3 heterocycles. The van der Waals surface area contributed by atoms with Gasteiger partial charge in [-0.3, -0.25) is 4.79 Å². The monoisotopic (exact) mass is 386 g/mol. The molecule has 3 N–H and O–H groups in total. The Morgan fingerprint density at radius 2 is 2.03 bits per heavy atom. The van der Waals surface area contributed by atoms with Gasteiger partial charge in [-0.15, -0.1) is 0 Å². The van der Waals surface area contributed by atoms with Gasteiger partial charge in [-0.25, -0.2) is 19.9 Å². The summed E-state index contributed by atoms with van der Waals surface area (Å²) in [7, 11) is 3.42. The molecule has 1 aliphatic heterocycles. The zero-order valence-corrected chi connectivity index (χ0v) is 16.4. The number of aryl methyl sites for hydroxylation is 1. The fourth-order valence-corrected chi connectivity index (χ4v) is 3.30. The molecule has 1 saturated heterocycles. The molecule has 0 radical (unpaired) electrons. The van der Waals surface area contributed by atoms with Crippen molar-refractivity contribution in [1.29, 1.82) is 0 Å². The summed E-state index contributed by atoms with van der Waals surface area (Å²) in [6.45, 7) is 2.33. The number of anilines is 1. The number of nitrogens with two attached hydrogens (primary N) is 1. The highest BCUT2D eigenvalue weighted by Crippen LogP contribution is 2.23. The summed E-state index contributed by atoms with van der Waals surface area (Å²) in [4.78, 5) is 31.2. The summed E-state index contributed by atoms with van der Waals surface area (Å²) in [5, 5.41) is 10.5. The second-order valence-electron chi connectivity index (χ2n) is 7.15. The molecule has 1 aliphatic rings. The summed E-state index contributed by atoms with van der Waals surface area (Å²) >= 11 is 0. The Morgan fingerprint density at radius 3 is 2.76 bits per heavy atom. The van der Waals surface area contributed by atoms with Crippen LogP contribution in [0.2, 0.25) is 0 Å². The van der Waals surface area contributed by atoms with Gasteiger partial charge in [0.05, 0.1) is 11.4 Å². The van der Waals surface area contributed by atoms with Gasteiger partial charge >= 0.3 is 0 Å². The van der Waals surface area contributed by atoms with Gasteiger partial charge in [0.25, 0.3) is 5.91 Å². The standard InChI is InChI=1S/C20H19BN6O2/c1-11-14-15(16(22)26-19(21)25-14)24-17(23-11)13-5-3-4-12(10-13)6-7-20(29)8-9-27(2)18(20)28/h3-5,10,29H,8-9,21H2,1-2H3,(H2,22,25,26)/t20-/m0/s1. The number of carbonyl (C=O) groups excluding carboxylic acids is 1. The van der Waals surface area contributed by atoms with Crippen LogP contribution in [0.1, 0.15) is 17.7 Å². The summed E-state index contributed by atoms with van der Waals surface area (Å²) in [5.74, 6) is 6.04. The van der Waals surface area contributed by atoms with Gasteiger partial charge < -0.3 is 15.7 Å². The number of aromatic nitrogens is 4. The summed E-state index contributed by atoms with van der Waals surface area (Å²) in [5.41, 5.74) is 8.18. The van der Waals surface area contributed by atoms with Crippen LogP contribution >= 0.6 is 0 Å². The van der Waals surface area contributed by atoms with Crippen molar-refractivity contribution in [3.05, 3.63) is 35.5 Å². The number of fused-ring (bicyclic) bond motifs is 1. The number of hydrogen-bond acceptors (Lipinski definition) is 7. The quantitative estimate of drug-likeness (QED) is 0.414. The lowest BCUT2D eigenvalue weighted by Gasteiger charge is -2.13. The number of benzene rings is 1. The molecule has 1 amide bonds. The Morgan fingerprint density at radius 1 is 1.24 bits per heavy atom. The minimum Gasteiger partial charge on any atom is -0.382 e. The van der Waals surface area contributed by atoms with Crippen LogP contribution in [-0.2, 0) is 4.79 Å². The molecular formula is C20H19BN6O2. The average molecular weight is 386 g/mol. The second kappa shape index (κ2) is 6.83. The third-order valence-corrected chi connectivity index (χ3v) is 4.90. The van der Waals surface area contributed by atoms with E-state index in [0.29, 0.717) is 52.6 Å². The number of nitrogens with zero attached hydrogens (tertiary/aromatic N) is 5. The number of amides is 1. The molecule has 4 rings (SSSR count). The first-order valence-corrected chi connectivity index (χ1v) is 9.17. The minimum atomic E-state index is -1.63. The van der Waals surface area contributed by atoms with E-state index in [0.717, 1.165) is 5.56 Å². The van der Waals surface area contributed by atoms with Crippen LogP contribution < -0.4 is 11.5 Å². The van der Waals surface area contributed by atoms with Crippen molar-refractivity contribution < 1.29 is 9.90 Å². The van der Waals surface area contributed by atoms with E-state index in [-0.39, 0.29) is 5.91 Å². The molecule has 1 fully saturated rings. The van der Waals surface area contributed by atoms with Gasteiger partial charge in [0, 0.05) is 31.1 Å². The van der Waals surface area contributed by atoms with Crippen LogP contribution in [0.25, 0.3) is 22.4 Å². The molecule has 3 aromatic rings. The molecule has 29 heavy (non-hydrogen) atoms. The molecular weight excluding hydrogens is 367 g/mol. The maximum atomic E-state index is 12.1. The summed E-state index contributed by atoms with van der Waals surface area (Å²) < 4.78 is 0. The maximum absolute atomic E-state index is 12.1. The fraction of sp³-hybridized carbons (Fsp3) is 0.250. The number of carbonyl (C=O) groups is 1. The summed E-state index contributed by atoms with van der Waals surface area (Å²) in [6.07, 6.45) is 0.292. The van der Waals surface area contributed by atoms with E-state index in [9.17, 15) is 9.90 Å². The molecule has 144 valence electrons. The topological polar surface area (TPSA) is 118 Å². The van der Waals surface area contributed by atoms with Gasteiger partial charge in [0.15, 0.2) is 19.5 Å². The van der Waals surface area contributed by atoms with Crippen molar-refractivity contribution in [2.24, 2.45) is 0 Å². The van der Waals surface area contributed by atoms with E-state index in [1.807, 2.05) is 25.1 Å². The van der Waals surface area contributed by atoms with Crippen molar-refractivity contribution >= 4 is 36.3 Å². The van der Waals surface area contributed by atoms with Crippen LogP contribution in [-0.4, -0.2) is 62.9 Å². The first-order valence-electron chi connectivity index (χ1n) is 9.17. The second-order valence-corrected chi connectivity index (χ2v) is 7.15. The lowest BCUT2D eigenvalue weighted by Crippen LogP contribution is -2.37. The Balaban J connectivity index is 1.74. The SMILES string of the molecule is Bc1nc(N)c2nc(-c3cccc(C#C[C@]4(O)CCN(C)C4=O)c3)nc(C)c2n1. The van der Waals surface area contributed by atoms with Crippen LogP contribution in [0.3, 0.4) is 0 Å². The van der Waals surface area contributed by atoms with E-state index in [1.165, 1.54) is 4.90 Å². The molecule has 2 aromatic heterocycles. The average Bonchev–Trinajstić information content (AvgIpc) is 2.95. The Hall–Kier alpha value is -3.51. The van der Waals surface area contributed by atoms with Crippen molar-refractivity contribution in [2.45, 2.75) is 18.9 Å². The number of rotatable bonds is 1. The van der Waals surface area contributed by atoms with Crippen LogP contribution in [0.15, 0.2) is 24.3 Å². The number of likely N-dealkylation sites (tertiary alicyclic amines) is 1. The number of likely N-dealkylation sites (N-methyl/N-ethyl adjacent to an activating group) is 1. The first-order chi connectivity index (χ1) is 13.8. The fourth-order valence-electron chi connectivity index (χ4n) is 3.30. The van der Waals surface area contributed by atoms with Gasteiger partial charge in [-0.1, -0.05) is 24.0 Å². The molecule has 8 nitrogen and oxygen atoms in total.